The average molecular weight is 701 g/mol. The molecule has 2 aromatic heterocycles. The number of amides is 1. The third-order valence-corrected chi connectivity index (χ3v) is 8.15. The van der Waals surface area contributed by atoms with Crippen molar-refractivity contribution in [2.75, 3.05) is 6.54 Å². The van der Waals surface area contributed by atoms with Crippen LogP contribution in [0.15, 0.2) is 54.7 Å². The van der Waals surface area contributed by atoms with Crippen LogP contribution in [0.4, 0.5) is 31.1 Å². The average Bonchev–Trinajstić information content (AvgIpc) is 3.37. The Bertz CT molecular complexity index is 1930. The van der Waals surface area contributed by atoms with E-state index >= 15 is 0 Å². The van der Waals surface area contributed by atoms with E-state index in [2.05, 4.69) is 10.1 Å². The monoisotopic (exact) mass is 700 g/mol. The second-order valence-corrected chi connectivity index (χ2v) is 13.2. The summed E-state index contributed by atoms with van der Waals surface area (Å²) in [5.74, 6) is -4.43. The number of hydrogen-bond donors (Lipinski definition) is 0. The Hall–Kier alpha value is -5.01. The van der Waals surface area contributed by atoms with E-state index in [1.807, 2.05) is 0 Å². The molecule has 0 bridgehead atoms. The summed E-state index contributed by atoms with van der Waals surface area (Å²) in [4.78, 5) is 44.4. The predicted molar refractivity (Wildman–Crippen MR) is 170 cm³/mol. The van der Waals surface area contributed by atoms with Crippen molar-refractivity contribution < 1.29 is 45.5 Å². The molecule has 1 aliphatic heterocycles. The molecule has 0 unspecified atom stereocenters. The topological polar surface area (TPSA) is 94.4 Å². The van der Waals surface area contributed by atoms with Crippen molar-refractivity contribution in [2.45, 2.75) is 77.7 Å². The number of Topliss-reactive ketones (excluding diaryl/α,β-unsaturated/α-hetero) is 2. The molecule has 0 radical (unpaired) electrons. The molecular formula is C36H34F6N4O4. The van der Waals surface area contributed by atoms with E-state index in [0.717, 1.165) is 22.9 Å². The molecule has 50 heavy (non-hydrogen) atoms. The number of alkyl halides is 3. The van der Waals surface area contributed by atoms with Gasteiger partial charge in [-0.2, -0.15) is 18.3 Å². The molecule has 14 heteroatoms. The van der Waals surface area contributed by atoms with Gasteiger partial charge < -0.3 is 9.64 Å². The number of carbonyl (C=O) groups is 3. The zero-order valence-electron chi connectivity index (χ0n) is 27.7. The van der Waals surface area contributed by atoms with Crippen molar-refractivity contribution in [3.8, 4) is 11.1 Å². The van der Waals surface area contributed by atoms with E-state index in [1.54, 1.807) is 32.9 Å². The number of nitrogens with zero attached hydrogens (tertiary/aromatic N) is 4. The summed E-state index contributed by atoms with van der Waals surface area (Å²) < 4.78 is 91.5. The zero-order chi connectivity index (χ0) is 36.5. The van der Waals surface area contributed by atoms with Gasteiger partial charge in [-0.1, -0.05) is 12.1 Å². The second kappa shape index (κ2) is 14.1. The highest BCUT2D eigenvalue weighted by Gasteiger charge is 2.41. The first kappa shape index (κ1) is 36.3. The Balaban J connectivity index is 1.51. The number of ketones is 2. The van der Waals surface area contributed by atoms with Crippen molar-refractivity contribution in [2.24, 2.45) is 0 Å². The summed E-state index contributed by atoms with van der Waals surface area (Å²) in [6.45, 7) is 5.24. The normalized spacial score (nSPS) is 13.9. The van der Waals surface area contributed by atoms with Crippen molar-refractivity contribution >= 4 is 17.7 Å². The van der Waals surface area contributed by atoms with Gasteiger partial charge in [-0.15, -0.1) is 0 Å². The lowest BCUT2D eigenvalue weighted by Gasteiger charge is -2.30. The molecular weight excluding hydrogens is 666 g/mol. The van der Waals surface area contributed by atoms with Crippen molar-refractivity contribution in [1.29, 1.82) is 0 Å². The first-order chi connectivity index (χ1) is 23.4. The van der Waals surface area contributed by atoms with E-state index in [-0.39, 0.29) is 60.4 Å². The Morgan fingerprint density at radius 1 is 0.980 bits per heavy atom. The molecule has 0 fully saturated rings. The number of aromatic nitrogens is 3. The summed E-state index contributed by atoms with van der Waals surface area (Å²) >= 11 is 0. The molecule has 0 spiro atoms. The number of hydrogen-bond acceptors (Lipinski definition) is 6. The van der Waals surface area contributed by atoms with Crippen molar-refractivity contribution in [3.63, 3.8) is 0 Å². The quantitative estimate of drug-likeness (QED) is 0.130. The van der Waals surface area contributed by atoms with E-state index in [1.165, 1.54) is 30.2 Å². The lowest BCUT2D eigenvalue weighted by molar-refractivity contribution is -0.142. The van der Waals surface area contributed by atoms with Gasteiger partial charge >= 0.3 is 12.3 Å². The summed E-state index contributed by atoms with van der Waals surface area (Å²) in [6, 6.07) is 9.98. The molecule has 0 saturated carbocycles. The molecule has 0 N–H and O–H groups in total. The van der Waals surface area contributed by atoms with Crippen LogP contribution in [0.1, 0.15) is 78.6 Å². The van der Waals surface area contributed by atoms with Crippen LogP contribution in [-0.2, 0) is 41.6 Å². The minimum atomic E-state index is -4.83. The van der Waals surface area contributed by atoms with Crippen molar-refractivity contribution in [1.82, 2.24) is 19.7 Å². The number of halogens is 6. The first-order valence-electron chi connectivity index (χ1n) is 15.8. The maximum Gasteiger partial charge on any atom is 0.435 e. The van der Waals surface area contributed by atoms with Gasteiger partial charge in [0.15, 0.2) is 17.3 Å². The van der Waals surface area contributed by atoms with Gasteiger partial charge in [0.05, 0.1) is 30.0 Å². The number of carbonyl (C=O) groups excluding carboxylic acids is 3. The molecule has 3 heterocycles. The molecule has 1 atom stereocenters. The van der Waals surface area contributed by atoms with Crippen LogP contribution >= 0.6 is 0 Å². The SMILES string of the molecule is CC(=O)c1cc(-c2cccnc2[C@@H](CC(=O)Cn2nc(C(F)(F)F)c3c2CN(C(=O)OC(C)(C)C)CC3)Cc2cc(F)cc(F)c2)ccc1F. The third kappa shape index (κ3) is 8.40. The minimum Gasteiger partial charge on any atom is -0.444 e. The molecule has 0 aliphatic carbocycles. The lowest BCUT2D eigenvalue weighted by atomic mass is 9.86. The second-order valence-electron chi connectivity index (χ2n) is 13.2. The van der Waals surface area contributed by atoms with Crippen LogP contribution in [0.5, 0.6) is 0 Å². The highest BCUT2D eigenvalue weighted by Crippen LogP contribution is 2.37. The molecule has 8 nitrogen and oxygen atoms in total. The fourth-order valence-electron chi connectivity index (χ4n) is 6.06. The van der Waals surface area contributed by atoms with Crippen LogP contribution in [-0.4, -0.2) is 49.5 Å². The third-order valence-electron chi connectivity index (χ3n) is 8.15. The molecule has 264 valence electrons. The van der Waals surface area contributed by atoms with Crippen LogP contribution in [0, 0.1) is 17.5 Å². The van der Waals surface area contributed by atoms with Crippen LogP contribution < -0.4 is 0 Å². The van der Waals surface area contributed by atoms with Crippen LogP contribution in [0.2, 0.25) is 0 Å². The van der Waals surface area contributed by atoms with Gasteiger partial charge in [0, 0.05) is 42.3 Å². The maximum absolute atomic E-state index is 14.4. The number of benzene rings is 2. The van der Waals surface area contributed by atoms with Gasteiger partial charge in [0.25, 0.3) is 0 Å². The highest BCUT2D eigenvalue weighted by atomic mass is 19.4. The van der Waals surface area contributed by atoms with Gasteiger partial charge in [0.1, 0.15) is 23.1 Å². The summed E-state index contributed by atoms with van der Waals surface area (Å²) in [5, 5.41) is 3.77. The number of fused-ring (bicyclic) bond motifs is 1. The summed E-state index contributed by atoms with van der Waals surface area (Å²) in [6.07, 6.45) is -4.75. The zero-order valence-corrected chi connectivity index (χ0v) is 27.7. The van der Waals surface area contributed by atoms with Gasteiger partial charge in [-0.3, -0.25) is 19.3 Å². The van der Waals surface area contributed by atoms with E-state index < -0.39 is 65.0 Å². The Labute approximate surface area is 284 Å². The Morgan fingerprint density at radius 3 is 2.32 bits per heavy atom. The standard InChI is InChI=1S/C36H34F6N4O4/c1-20(47)29-16-22(7-8-30(29)39)27-6-5-10-43-32(27)23(12-21-13-24(37)17-25(38)14-21)15-26(48)18-46-31-19-45(34(49)50-35(2,3)4)11-9-28(31)33(44-46)36(40,41)42/h5-8,10,13-14,16-17,23H,9,11-12,15,18-19H2,1-4H3/t23-/m1/s1. The first-order valence-corrected chi connectivity index (χ1v) is 15.8. The highest BCUT2D eigenvalue weighted by molar-refractivity contribution is 5.95. The molecule has 1 aliphatic rings. The minimum absolute atomic E-state index is 0.0353. The smallest absolute Gasteiger partial charge is 0.435 e. The molecule has 1 amide bonds. The predicted octanol–water partition coefficient (Wildman–Crippen LogP) is 7.86. The van der Waals surface area contributed by atoms with Gasteiger partial charge in [-0.25, -0.2) is 18.0 Å². The van der Waals surface area contributed by atoms with Gasteiger partial charge in [0.2, 0.25) is 0 Å². The largest absolute Gasteiger partial charge is 0.444 e. The maximum atomic E-state index is 14.4. The fraction of sp³-hybridized carbons (Fsp3) is 0.361. The molecule has 4 aromatic rings. The fourth-order valence-corrected chi connectivity index (χ4v) is 6.06. The Morgan fingerprint density at radius 2 is 1.68 bits per heavy atom. The van der Waals surface area contributed by atoms with Crippen LogP contribution in [0.3, 0.4) is 0 Å². The number of ether oxygens (including phenoxy) is 1. The van der Waals surface area contributed by atoms with Gasteiger partial charge in [-0.05, 0) is 82.0 Å². The Kier molecular flexibility index (Phi) is 10.2. The van der Waals surface area contributed by atoms with E-state index in [9.17, 15) is 40.7 Å². The van der Waals surface area contributed by atoms with E-state index in [4.69, 9.17) is 4.74 Å². The van der Waals surface area contributed by atoms with Crippen molar-refractivity contribution in [3.05, 3.63) is 106 Å². The molecule has 2 aromatic carbocycles. The summed E-state index contributed by atoms with van der Waals surface area (Å²) in [5.41, 5.74) is -1.01. The lowest BCUT2D eigenvalue weighted by Crippen LogP contribution is -2.40. The van der Waals surface area contributed by atoms with Crippen LogP contribution in [0.25, 0.3) is 11.1 Å². The summed E-state index contributed by atoms with van der Waals surface area (Å²) in [7, 11) is 0. The molecule has 0 saturated heterocycles. The number of pyridine rings is 1. The number of rotatable bonds is 9. The van der Waals surface area contributed by atoms with E-state index in [0.29, 0.717) is 17.2 Å². The molecule has 5 rings (SSSR count).